The lowest BCUT2D eigenvalue weighted by Crippen LogP contribution is -2.36. The molecule has 7 heteroatoms. The van der Waals surface area contributed by atoms with Crippen molar-refractivity contribution >= 4 is 39.1 Å². The number of halogens is 1. The van der Waals surface area contributed by atoms with Gasteiger partial charge < -0.3 is 10.2 Å². The van der Waals surface area contributed by atoms with Gasteiger partial charge in [0.25, 0.3) is 11.8 Å². The third-order valence-electron chi connectivity index (χ3n) is 3.49. The normalized spacial score (nSPS) is 11.0. The smallest absolute Gasteiger partial charge is 0.270 e. The molecular formula is C18H22BrN3O2S. The third-order valence-corrected chi connectivity index (χ3v) is 4.85. The van der Waals surface area contributed by atoms with E-state index < -0.39 is 0 Å². The molecule has 0 bridgehead atoms. The van der Waals surface area contributed by atoms with Gasteiger partial charge in [0.1, 0.15) is 10.7 Å². The zero-order valence-electron chi connectivity index (χ0n) is 14.7. The summed E-state index contributed by atoms with van der Waals surface area (Å²) in [4.78, 5) is 31.0. The Morgan fingerprint density at radius 2 is 1.84 bits per heavy atom. The highest BCUT2D eigenvalue weighted by Crippen LogP contribution is 2.18. The number of carbonyl (C=O) groups excluding carboxylic acids is 2. The van der Waals surface area contributed by atoms with Crippen LogP contribution in [0.3, 0.4) is 0 Å². The Morgan fingerprint density at radius 3 is 2.40 bits per heavy atom. The maximum atomic E-state index is 12.8. The fourth-order valence-electron chi connectivity index (χ4n) is 2.22. The lowest BCUT2D eigenvalue weighted by atomic mass is 10.1. The molecule has 0 spiro atoms. The molecule has 5 nitrogen and oxygen atoms in total. The summed E-state index contributed by atoms with van der Waals surface area (Å²) < 4.78 is 0.931. The van der Waals surface area contributed by atoms with Crippen molar-refractivity contribution in [3.63, 3.8) is 0 Å². The summed E-state index contributed by atoms with van der Waals surface area (Å²) in [5.74, 6) is -0.237. The van der Waals surface area contributed by atoms with E-state index in [0.29, 0.717) is 17.8 Å². The average molecular weight is 424 g/mol. The third kappa shape index (κ3) is 5.37. The van der Waals surface area contributed by atoms with E-state index in [4.69, 9.17) is 0 Å². The summed E-state index contributed by atoms with van der Waals surface area (Å²) in [7, 11) is 0. The highest BCUT2D eigenvalue weighted by molar-refractivity contribution is 9.10. The summed E-state index contributed by atoms with van der Waals surface area (Å²) in [6.07, 6.45) is 0. The van der Waals surface area contributed by atoms with E-state index in [-0.39, 0.29) is 23.9 Å². The molecule has 1 N–H and O–H groups in total. The van der Waals surface area contributed by atoms with Gasteiger partial charge in [0, 0.05) is 27.5 Å². The second kappa shape index (κ2) is 8.58. The number of rotatable bonds is 6. The van der Waals surface area contributed by atoms with Gasteiger partial charge in [-0.15, -0.1) is 11.3 Å². The number of carbonyl (C=O) groups is 2. The van der Waals surface area contributed by atoms with Crippen molar-refractivity contribution in [1.29, 1.82) is 0 Å². The number of hydrogen-bond acceptors (Lipinski definition) is 4. The largest absolute Gasteiger partial charge is 0.349 e. The van der Waals surface area contributed by atoms with Crippen LogP contribution < -0.4 is 5.32 Å². The minimum Gasteiger partial charge on any atom is -0.349 e. The van der Waals surface area contributed by atoms with Crippen LogP contribution in [0.25, 0.3) is 0 Å². The molecule has 0 fully saturated rings. The molecule has 0 aliphatic heterocycles. The number of nitrogens with zero attached hydrogens (tertiary/aromatic N) is 2. The number of thiazole rings is 1. The van der Waals surface area contributed by atoms with Crippen molar-refractivity contribution in [2.45, 2.75) is 46.3 Å². The van der Waals surface area contributed by atoms with Crippen molar-refractivity contribution in [1.82, 2.24) is 15.2 Å². The Bertz CT molecular complexity index is 741. The number of hydrogen-bond donors (Lipinski definition) is 1. The van der Waals surface area contributed by atoms with E-state index in [0.717, 1.165) is 9.48 Å². The van der Waals surface area contributed by atoms with Gasteiger partial charge in [-0.2, -0.15) is 0 Å². The minimum absolute atomic E-state index is 0.0213. The summed E-state index contributed by atoms with van der Waals surface area (Å²) >= 11 is 4.77. The molecule has 0 unspecified atom stereocenters. The first-order valence-electron chi connectivity index (χ1n) is 8.09. The van der Waals surface area contributed by atoms with Crippen LogP contribution in [0, 0.1) is 0 Å². The summed E-state index contributed by atoms with van der Waals surface area (Å²) in [6, 6.07) is 7.38. The highest BCUT2D eigenvalue weighted by Gasteiger charge is 2.21. The molecule has 0 aliphatic carbocycles. The van der Waals surface area contributed by atoms with E-state index in [2.05, 4.69) is 26.2 Å². The van der Waals surface area contributed by atoms with Crippen molar-refractivity contribution < 1.29 is 9.59 Å². The first kappa shape index (κ1) is 19.6. The summed E-state index contributed by atoms with van der Waals surface area (Å²) in [5, 5.41) is 5.30. The summed E-state index contributed by atoms with van der Waals surface area (Å²) in [5.41, 5.74) is 1.03. The lowest BCUT2D eigenvalue weighted by molar-refractivity contribution is 0.0690. The van der Waals surface area contributed by atoms with Gasteiger partial charge in [-0.1, -0.05) is 15.9 Å². The van der Waals surface area contributed by atoms with Crippen molar-refractivity contribution in [2.24, 2.45) is 0 Å². The molecule has 1 aromatic carbocycles. The van der Waals surface area contributed by atoms with Crippen LogP contribution >= 0.6 is 27.3 Å². The van der Waals surface area contributed by atoms with Gasteiger partial charge in [0.15, 0.2) is 0 Å². The molecular weight excluding hydrogens is 402 g/mol. The molecule has 0 aliphatic rings. The Labute approximate surface area is 160 Å². The first-order valence-corrected chi connectivity index (χ1v) is 9.77. The number of amides is 2. The van der Waals surface area contributed by atoms with E-state index in [1.807, 2.05) is 39.8 Å². The zero-order valence-corrected chi connectivity index (χ0v) is 17.1. The monoisotopic (exact) mass is 423 g/mol. The highest BCUT2D eigenvalue weighted by atomic mass is 79.9. The maximum Gasteiger partial charge on any atom is 0.270 e. The molecule has 1 heterocycles. The lowest BCUT2D eigenvalue weighted by Gasteiger charge is -2.26. The minimum atomic E-state index is -0.187. The molecule has 0 saturated carbocycles. The summed E-state index contributed by atoms with van der Waals surface area (Å²) in [6.45, 7) is 8.13. The van der Waals surface area contributed by atoms with Crippen LogP contribution in [-0.4, -0.2) is 33.8 Å². The van der Waals surface area contributed by atoms with Crippen LogP contribution in [0.1, 0.15) is 53.5 Å². The van der Waals surface area contributed by atoms with Gasteiger partial charge >= 0.3 is 0 Å². The number of aromatic nitrogens is 1. The SMILES string of the molecule is CC(C)NC(=O)c1csc(CN(C(=O)c2ccc(Br)cc2)C(C)C)n1. The van der Waals surface area contributed by atoms with Gasteiger partial charge in [0.05, 0.1) is 6.54 Å². The van der Waals surface area contributed by atoms with Crippen molar-refractivity contribution in [3.05, 3.63) is 50.4 Å². The van der Waals surface area contributed by atoms with E-state index >= 15 is 0 Å². The van der Waals surface area contributed by atoms with E-state index in [9.17, 15) is 9.59 Å². The molecule has 1 aromatic heterocycles. The maximum absolute atomic E-state index is 12.8. The Kier molecular flexibility index (Phi) is 6.72. The quantitative estimate of drug-likeness (QED) is 0.760. The van der Waals surface area contributed by atoms with E-state index in [1.165, 1.54) is 11.3 Å². The molecule has 2 aromatic rings. The standard InChI is InChI=1S/C18H22BrN3O2S/c1-11(2)20-17(23)15-10-25-16(21-15)9-22(12(3)4)18(24)13-5-7-14(19)8-6-13/h5-8,10-12H,9H2,1-4H3,(H,20,23). The average Bonchev–Trinajstić information content (AvgIpc) is 3.00. The molecule has 2 amide bonds. The second-order valence-electron chi connectivity index (χ2n) is 6.29. The second-order valence-corrected chi connectivity index (χ2v) is 8.15. The predicted octanol–water partition coefficient (Wildman–Crippen LogP) is 4.09. The van der Waals surface area contributed by atoms with Crippen molar-refractivity contribution in [2.75, 3.05) is 0 Å². The molecule has 25 heavy (non-hydrogen) atoms. The van der Waals surface area contributed by atoms with Crippen molar-refractivity contribution in [3.8, 4) is 0 Å². The Balaban J connectivity index is 2.14. The zero-order chi connectivity index (χ0) is 18.6. The molecule has 2 rings (SSSR count). The van der Waals surface area contributed by atoms with Crippen LogP contribution in [0.4, 0.5) is 0 Å². The van der Waals surface area contributed by atoms with Gasteiger partial charge in [0.2, 0.25) is 0 Å². The Morgan fingerprint density at radius 1 is 1.20 bits per heavy atom. The number of benzene rings is 1. The predicted molar refractivity (Wildman–Crippen MR) is 104 cm³/mol. The number of nitrogens with one attached hydrogen (secondary N) is 1. The first-order chi connectivity index (χ1) is 11.8. The van der Waals surface area contributed by atoms with Gasteiger partial charge in [-0.3, -0.25) is 9.59 Å². The van der Waals surface area contributed by atoms with Gasteiger partial charge in [-0.25, -0.2) is 4.98 Å². The molecule has 0 atom stereocenters. The van der Waals surface area contributed by atoms with Crippen LogP contribution in [0.15, 0.2) is 34.1 Å². The molecule has 0 radical (unpaired) electrons. The fraction of sp³-hybridized carbons (Fsp3) is 0.389. The Hall–Kier alpha value is -1.73. The topological polar surface area (TPSA) is 62.3 Å². The van der Waals surface area contributed by atoms with Crippen LogP contribution in [0.5, 0.6) is 0 Å². The molecule has 0 saturated heterocycles. The van der Waals surface area contributed by atoms with E-state index in [1.54, 1.807) is 22.4 Å². The fourth-order valence-corrected chi connectivity index (χ4v) is 3.25. The van der Waals surface area contributed by atoms with Crippen LogP contribution in [0.2, 0.25) is 0 Å². The van der Waals surface area contributed by atoms with Gasteiger partial charge in [-0.05, 0) is 52.0 Å². The molecule has 134 valence electrons. The van der Waals surface area contributed by atoms with Crippen LogP contribution in [-0.2, 0) is 6.54 Å².